The average Bonchev–Trinajstić information content (AvgIpc) is 2.89. The van der Waals surface area contributed by atoms with Gasteiger partial charge in [-0.05, 0) is 49.4 Å². The minimum Gasteiger partial charge on any atom is -0.330 e. The summed E-state index contributed by atoms with van der Waals surface area (Å²) in [6.45, 7) is 2.94. The molecule has 2 heteroatoms. The zero-order valence-electron chi connectivity index (χ0n) is 10.9. The van der Waals surface area contributed by atoms with Gasteiger partial charge in [-0.15, -0.1) is 11.3 Å². The Morgan fingerprint density at radius 3 is 2.39 bits per heavy atom. The highest BCUT2D eigenvalue weighted by Gasteiger charge is 2.10. The van der Waals surface area contributed by atoms with Crippen LogP contribution in [0.25, 0.3) is 0 Å². The highest BCUT2D eigenvalue weighted by Crippen LogP contribution is 2.24. The van der Waals surface area contributed by atoms with Crippen LogP contribution in [0.15, 0.2) is 42.5 Å². The lowest BCUT2D eigenvalue weighted by molar-refractivity contribution is 0.637. The van der Waals surface area contributed by atoms with Crippen LogP contribution in [0.3, 0.4) is 0 Å². The van der Waals surface area contributed by atoms with Crippen molar-refractivity contribution in [3.63, 3.8) is 0 Å². The number of thiophene rings is 1. The summed E-state index contributed by atoms with van der Waals surface area (Å²) < 4.78 is 0. The van der Waals surface area contributed by atoms with Gasteiger partial charge >= 0.3 is 0 Å². The minimum atomic E-state index is 0.485. The van der Waals surface area contributed by atoms with Crippen molar-refractivity contribution in [2.45, 2.75) is 32.1 Å². The van der Waals surface area contributed by atoms with Crippen LogP contribution in [0.1, 0.15) is 34.6 Å². The molecule has 1 aromatic heterocycles. The zero-order chi connectivity index (χ0) is 12.8. The molecular weight excluding hydrogens is 238 g/mol. The van der Waals surface area contributed by atoms with Crippen molar-refractivity contribution < 1.29 is 0 Å². The van der Waals surface area contributed by atoms with Crippen molar-refractivity contribution >= 4 is 11.3 Å². The summed E-state index contributed by atoms with van der Waals surface area (Å²) in [5, 5.41) is 0. The summed E-state index contributed by atoms with van der Waals surface area (Å²) >= 11 is 1.94. The monoisotopic (exact) mass is 259 g/mol. The first kappa shape index (κ1) is 13.3. The number of benzene rings is 1. The molecule has 96 valence electrons. The molecule has 2 rings (SSSR count). The Morgan fingerprint density at radius 1 is 1.06 bits per heavy atom. The molecule has 0 fully saturated rings. The number of rotatable bonds is 6. The first-order chi connectivity index (χ1) is 8.83. The summed E-state index contributed by atoms with van der Waals surface area (Å²) in [7, 11) is 0. The fourth-order valence-corrected chi connectivity index (χ4v) is 3.18. The number of nitrogens with two attached hydrogens (primary N) is 1. The van der Waals surface area contributed by atoms with Crippen LogP contribution in [0.4, 0.5) is 0 Å². The number of hydrogen-bond acceptors (Lipinski definition) is 2. The van der Waals surface area contributed by atoms with Crippen molar-refractivity contribution in [1.82, 2.24) is 0 Å². The van der Waals surface area contributed by atoms with Gasteiger partial charge in [0.15, 0.2) is 0 Å². The normalized spacial score (nSPS) is 12.6. The number of aryl methyl sites for hydroxylation is 2. The Labute approximate surface area is 114 Å². The molecule has 0 amide bonds. The van der Waals surface area contributed by atoms with E-state index in [1.54, 1.807) is 0 Å². The van der Waals surface area contributed by atoms with E-state index in [2.05, 4.69) is 49.4 Å². The molecule has 0 aliphatic heterocycles. The maximum atomic E-state index is 5.90. The van der Waals surface area contributed by atoms with Gasteiger partial charge in [0.1, 0.15) is 0 Å². The van der Waals surface area contributed by atoms with Crippen LogP contribution in [0.2, 0.25) is 0 Å². The molecule has 0 bridgehead atoms. The van der Waals surface area contributed by atoms with E-state index in [4.69, 9.17) is 5.73 Å². The highest BCUT2D eigenvalue weighted by molar-refractivity contribution is 7.11. The summed E-state index contributed by atoms with van der Waals surface area (Å²) in [4.78, 5) is 2.97. The summed E-state index contributed by atoms with van der Waals surface area (Å²) in [6.07, 6.45) is 3.43. The quantitative estimate of drug-likeness (QED) is 0.834. The third-order valence-electron chi connectivity index (χ3n) is 3.36. The van der Waals surface area contributed by atoms with Crippen molar-refractivity contribution in [1.29, 1.82) is 0 Å². The topological polar surface area (TPSA) is 26.0 Å². The minimum absolute atomic E-state index is 0.485. The Hall–Kier alpha value is -1.12. The van der Waals surface area contributed by atoms with Crippen molar-refractivity contribution in [3.05, 3.63) is 57.8 Å². The predicted octanol–water partition coefficient (Wildman–Crippen LogP) is 3.99. The molecule has 0 aliphatic rings. The van der Waals surface area contributed by atoms with Crippen LogP contribution in [0, 0.1) is 0 Å². The van der Waals surface area contributed by atoms with Gasteiger partial charge in [-0.3, -0.25) is 0 Å². The molecule has 1 atom stereocenters. The predicted molar refractivity (Wildman–Crippen MR) is 80.3 cm³/mol. The van der Waals surface area contributed by atoms with E-state index < -0.39 is 0 Å². The van der Waals surface area contributed by atoms with Crippen LogP contribution < -0.4 is 5.73 Å². The lowest BCUT2D eigenvalue weighted by atomic mass is 9.94. The summed E-state index contributed by atoms with van der Waals surface area (Å²) in [6, 6.07) is 15.1. The third-order valence-corrected chi connectivity index (χ3v) is 4.65. The van der Waals surface area contributed by atoms with Gasteiger partial charge in [-0.2, -0.15) is 0 Å². The van der Waals surface area contributed by atoms with Crippen LogP contribution in [-0.2, 0) is 12.8 Å². The SMILES string of the molecule is CCc1ccc(CCC(CN)c2ccccc2)s1. The van der Waals surface area contributed by atoms with Gasteiger partial charge in [0.25, 0.3) is 0 Å². The molecule has 2 N–H and O–H groups in total. The lowest BCUT2D eigenvalue weighted by Crippen LogP contribution is -2.13. The molecule has 0 spiro atoms. The van der Waals surface area contributed by atoms with Crippen LogP contribution >= 0.6 is 11.3 Å². The van der Waals surface area contributed by atoms with Gasteiger partial charge in [0.2, 0.25) is 0 Å². The molecule has 1 heterocycles. The maximum absolute atomic E-state index is 5.90. The first-order valence-corrected chi connectivity index (χ1v) is 7.47. The first-order valence-electron chi connectivity index (χ1n) is 6.66. The largest absolute Gasteiger partial charge is 0.330 e. The van der Waals surface area contributed by atoms with Crippen molar-refractivity contribution in [3.8, 4) is 0 Å². The third kappa shape index (κ3) is 3.44. The molecule has 2 aromatic rings. The van der Waals surface area contributed by atoms with Gasteiger partial charge in [0, 0.05) is 9.75 Å². The lowest BCUT2D eigenvalue weighted by Gasteiger charge is -2.14. The van der Waals surface area contributed by atoms with Crippen LogP contribution in [0.5, 0.6) is 0 Å². The molecule has 1 aromatic carbocycles. The Morgan fingerprint density at radius 2 is 1.78 bits per heavy atom. The Bertz CT molecular complexity index is 461. The van der Waals surface area contributed by atoms with Crippen LogP contribution in [-0.4, -0.2) is 6.54 Å². The Kier molecular flexibility index (Phi) is 4.97. The molecule has 0 saturated heterocycles. The van der Waals surface area contributed by atoms with E-state index >= 15 is 0 Å². The zero-order valence-corrected chi connectivity index (χ0v) is 11.7. The van der Waals surface area contributed by atoms with E-state index in [9.17, 15) is 0 Å². The smallest absolute Gasteiger partial charge is 0.00484 e. The maximum Gasteiger partial charge on any atom is 0.00484 e. The molecule has 18 heavy (non-hydrogen) atoms. The van der Waals surface area contributed by atoms with E-state index in [-0.39, 0.29) is 0 Å². The van der Waals surface area contributed by atoms with Crippen molar-refractivity contribution in [2.75, 3.05) is 6.54 Å². The molecule has 1 nitrogen and oxygen atoms in total. The standard InChI is InChI=1S/C16H21NS/c1-2-15-10-11-16(18-15)9-8-14(12-17)13-6-4-3-5-7-13/h3-7,10-11,14H,2,8-9,12,17H2,1H3. The fourth-order valence-electron chi connectivity index (χ4n) is 2.21. The van der Waals surface area contributed by atoms with Crippen molar-refractivity contribution in [2.24, 2.45) is 5.73 Å². The summed E-state index contributed by atoms with van der Waals surface area (Å²) in [5.41, 5.74) is 7.27. The second-order valence-corrected chi connectivity index (χ2v) is 5.86. The highest BCUT2D eigenvalue weighted by atomic mass is 32.1. The van der Waals surface area contributed by atoms with E-state index in [1.807, 2.05) is 11.3 Å². The average molecular weight is 259 g/mol. The van der Waals surface area contributed by atoms with Gasteiger partial charge in [-0.25, -0.2) is 0 Å². The fraction of sp³-hybridized carbons (Fsp3) is 0.375. The molecule has 0 saturated carbocycles. The molecule has 0 radical (unpaired) electrons. The molecule has 0 aliphatic carbocycles. The van der Waals surface area contributed by atoms with E-state index in [1.165, 1.54) is 15.3 Å². The van der Waals surface area contributed by atoms with Gasteiger partial charge in [0.05, 0.1) is 0 Å². The van der Waals surface area contributed by atoms with E-state index in [0.717, 1.165) is 25.8 Å². The summed E-state index contributed by atoms with van der Waals surface area (Å²) in [5.74, 6) is 0.485. The second kappa shape index (κ2) is 6.72. The molecular formula is C16H21NS. The van der Waals surface area contributed by atoms with E-state index in [0.29, 0.717) is 5.92 Å². The van der Waals surface area contributed by atoms with Gasteiger partial charge in [-0.1, -0.05) is 37.3 Å². The molecule has 1 unspecified atom stereocenters. The Balaban J connectivity index is 1.95. The van der Waals surface area contributed by atoms with Gasteiger partial charge < -0.3 is 5.73 Å². The second-order valence-electron chi connectivity index (χ2n) is 4.60. The number of hydrogen-bond donors (Lipinski definition) is 1.